The van der Waals surface area contributed by atoms with E-state index in [1.807, 2.05) is 0 Å². The molecule has 0 radical (unpaired) electrons. The second-order valence-corrected chi connectivity index (χ2v) is 2.93. The molecule has 1 saturated carbocycles. The van der Waals surface area contributed by atoms with Gasteiger partial charge in [0.2, 0.25) is 0 Å². The molecule has 7 heavy (non-hydrogen) atoms. The van der Waals surface area contributed by atoms with Gasteiger partial charge >= 0.3 is 0 Å². The molecule has 0 spiro atoms. The Hall–Kier alpha value is -0.0400. The lowest BCUT2D eigenvalue weighted by Gasteiger charge is -2.35. The van der Waals surface area contributed by atoms with Crippen LogP contribution in [0.4, 0.5) is 0 Å². The zero-order valence-electron chi connectivity index (χ0n) is 4.61. The predicted octanol–water partition coefficient (Wildman–Crippen LogP) is 1.33. The third-order valence-electron chi connectivity index (χ3n) is 2.11. The number of hydrogen-bond acceptors (Lipinski definition) is 1. The lowest BCUT2D eigenvalue weighted by atomic mass is 10.0. The van der Waals surface area contributed by atoms with Crippen molar-refractivity contribution < 1.29 is 4.74 Å². The highest BCUT2D eigenvalue weighted by molar-refractivity contribution is 4.97. The fourth-order valence-electron chi connectivity index (χ4n) is 1.66. The Bertz CT molecular complexity index is 86.8. The molecule has 0 amide bonds. The van der Waals surface area contributed by atoms with Crippen LogP contribution in [0.2, 0.25) is 0 Å². The van der Waals surface area contributed by atoms with Gasteiger partial charge in [-0.15, -0.1) is 0 Å². The first kappa shape index (κ1) is 3.90. The van der Waals surface area contributed by atoms with Crippen LogP contribution in [0.3, 0.4) is 0 Å². The SMILES string of the molecule is CC12CCC(C1)O2. The van der Waals surface area contributed by atoms with E-state index in [9.17, 15) is 0 Å². The predicted molar refractivity (Wildman–Crippen MR) is 27.1 cm³/mol. The molecule has 2 heterocycles. The quantitative estimate of drug-likeness (QED) is 0.444. The van der Waals surface area contributed by atoms with Crippen LogP contribution in [-0.4, -0.2) is 11.7 Å². The molecule has 1 heteroatoms. The molecule has 1 nitrogen and oxygen atoms in total. The Labute approximate surface area is 43.7 Å². The third-order valence-corrected chi connectivity index (χ3v) is 2.11. The van der Waals surface area contributed by atoms with Crippen molar-refractivity contribution in [3.63, 3.8) is 0 Å². The van der Waals surface area contributed by atoms with Crippen molar-refractivity contribution in [2.45, 2.75) is 37.9 Å². The highest BCUT2D eigenvalue weighted by Gasteiger charge is 2.47. The fraction of sp³-hybridized carbons (Fsp3) is 1.00. The normalized spacial score (nSPS) is 57.0. The minimum absolute atomic E-state index is 0.338. The first-order valence-corrected chi connectivity index (χ1v) is 2.96. The van der Waals surface area contributed by atoms with Crippen LogP contribution in [0.15, 0.2) is 0 Å². The third kappa shape index (κ3) is 0.367. The van der Waals surface area contributed by atoms with E-state index in [4.69, 9.17) is 4.74 Å². The molecular weight excluding hydrogens is 88.1 g/mol. The highest BCUT2D eigenvalue weighted by Crippen LogP contribution is 2.46. The number of ether oxygens (including phenoxy) is 1. The van der Waals surface area contributed by atoms with Crippen LogP contribution >= 0.6 is 0 Å². The van der Waals surface area contributed by atoms with E-state index in [-0.39, 0.29) is 0 Å². The van der Waals surface area contributed by atoms with Gasteiger partial charge in [0.15, 0.2) is 0 Å². The average Bonchev–Trinajstić information content (AvgIpc) is 1.88. The zero-order valence-corrected chi connectivity index (χ0v) is 4.61. The van der Waals surface area contributed by atoms with Gasteiger partial charge in [-0.3, -0.25) is 0 Å². The van der Waals surface area contributed by atoms with Gasteiger partial charge in [0.1, 0.15) is 0 Å². The van der Waals surface area contributed by atoms with E-state index < -0.39 is 0 Å². The summed E-state index contributed by atoms with van der Waals surface area (Å²) in [4.78, 5) is 0. The van der Waals surface area contributed by atoms with Crippen LogP contribution in [-0.2, 0) is 4.74 Å². The smallest absolute Gasteiger partial charge is 0.0684 e. The minimum atomic E-state index is 0.338. The van der Waals surface area contributed by atoms with Gasteiger partial charge in [-0.1, -0.05) is 0 Å². The molecule has 40 valence electrons. The second kappa shape index (κ2) is 0.873. The molecule has 0 aromatic heterocycles. The van der Waals surface area contributed by atoms with E-state index >= 15 is 0 Å². The lowest BCUT2D eigenvalue weighted by Crippen LogP contribution is -2.38. The summed E-state index contributed by atoms with van der Waals surface area (Å²) in [6.07, 6.45) is 4.60. The van der Waals surface area contributed by atoms with Crippen molar-refractivity contribution in [2.24, 2.45) is 0 Å². The summed E-state index contributed by atoms with van der Waals surface area (Å²) in [5, 5.41) is 0. The summed E-state index contributed by atoms with van der Waals surface area (Å²) in [6, 6.07) is 0. The van der Waals surface area contributed by atoms with E-state index in [1.165, 1.54) is 19.3 Å². The van der Waals surface area contributed by atoms with Crippen molar-refractivity contribution in [2.75, 3.05) is 0 Å². The average molecular weight is 98.1 g/mol. The monoisotopic (exact) mass is 98.1 g/mol. The first-order chi connectivity index (χ1) is 3.29. The molecule has 2 unspecified atom stereocenters. The molecule has 0 aromatic rings. The molecule has 3 fully saturated rings. The summed E-state index contributed by atoms with van der Waals surface area (Å²) in [7, 11) is 0. The molecule has 1 aliphatic carbocycles. The standard InChI is InChI=1S/C6H10O/c1-6-3-2-5(4-6)7-6/h5H,2-4H2,1H3. The summed E-state index contributed by atoms with van der Waals surface area (Å²) >= 11 is 0. The van der Waals surface area contributed by atoms with Gasteiger partial charge in [-0.2, -0.15) is 0 Å². The lowest BCUT2D eigenvalue weighted by molar-refractivity contribution is -0.138. The van der Waals surface area contributed by atoms with E-state index in [0.717, 1.165) is 0 Å². The van der Waals surface area contributed by atoms with Gasteiger partial charge < -0.3 is 4.74 Å². The molecule has 3 rings (SSSR count). The van der Waals surface area contributed by atoms with Gasteiger partial charge in [0.25, 0.3) is 0 Å². The molecule has 2 bridgehead atoms. The van der Waals surface area contributed by atoms with Crippen molar-refractivity contribution in [1.29, 1.82) is 0 Å². The molecular formula is C6H10O. The van der Waals surface area contributed by atoms with E-state index in [0.29, 0.717) is 11.7 Å². The summed E-state index contributed by atoms with van der Waals surface area (Å²) in [6.45, 7) is 2.20. The Morgan fingerprint density at radius 3 is 2.57 bits per heavy atom. The Morgan fingerprint density at radius 1 is 1.71 bits per heavy atom. The number of hydrogen-bond donors (Lipinski definition) is 0. The summed E-state index contributed by atoms with van der Waals surface area (Å²) < 4.78 is 5.44. The van der Waals surface area contributed by atoms with Gasteiger partial charge in [0.05, 0.1) is 11.7 Å². The van der Waals surface area contributed by atoms with Crippen molar-refractivity contribution >= 4 is 0 Å². The molecule has 0 N–H and O–H groups in total. The van der Waals surface area contributed by atoms with Crippen molar-refractivity contribution in [3.8, 4) is 0 Å². The van der Waals surface area contributed by atoms with Crippen LogP contribution < -0.4 is 0 Å². The maximum atomic E-state index is 5.44. The molecule has 2 saturated heterocycles. The van der Waals surface area contributed by atoms with E-state index in [2.05, 4.69) is 6.92 Å². The van der Waals surface area contributed by atoms with Gasteiger partial charge in [-0.25, -0.2) is 0 Å². The topological polar surface area (TPSA) is 9.23 Å². The highest BCUT2D eigenvalue weighted by atomic mass is 16.5. The largest absolute Gasteiger partial charge is 0.372 e. The van der Waals surface area contributed by atoms with E-state index in [1.54, 1.807) is 0 Å². The molecule has 2 atom stereocenters. The van der Waals surface area contributed by atoms with Crippen LogP contribution in [0.25, 0.3) is 0 Å². The van der Waals surface area contributed by atoms with Crippen LogP contribution in [0, 0.1) is 0 Å². The first-order valence-electron chi connectivity index (χ1n) is 2.96. The summed E-state index contributed by atoms with van der Waals surface area (Å²) in [5.41, 5.74) is 0.338. The maximum Gasteiger partial charge on any atom is 0.0684 e. The second-order valence-electron chi connectivity index (χ2n) is 2.93. The van der Waals surface area contributed by atoms with Crippen LogP contribution in [0.5, 0.6) is 0 Å². The van der Waals surface area contributed by atoms with Crippen molar-refractivity contribution in [3.05, 3.63) is 0 Å². The zero-order chi connectivity index (χ0) is 4.91. The number of fused-ring (bicyclic) bond motifs is 1. The van der Waals surface area contributed by atoms with Gasteiger partial charge in [0, 0.05) is 6.42 Å². The molecule has 3 aliphatic rings. The fourth-order valence-corrected chi connectivity index (χ4v) is 1.66. The Morgan fingerprint density at radius 2 is 2.43 bits per heavy atom. The number of rotatable bonds is 0. The maximum absolute atomic E-state index is 5.44. The Kier molecular flexibility index (Phi) is 0.487. The molecule has 2 aliphatic heterocycles. The summed E-state index contributed by atoms with van der Waals surface area (Å²) in [5.74, 6) is 0. The molecule has 0 aromatic carbocycles. The van der Waals surface area contributed by atoms with Crippen molar-refractivity contribution in [1.82, 2.24) is 0 Å². The van der Waals surface area contributed by atoms with Gasteiger partial charge in [-0.05, 0) is 19.8 Å². The minimum Gasteiger partial charge on any atom is -0.372 e. The Balaban J connectivity index is 2.20. The van der Waals surface area contributed by atoms with Crippen LogP contribution in [0.1, 0.15) is 26.2 Å².